The van der Waals surface area contributed by atoms with E-state index < -0.39 is 5.97 Å². The average Bonchev–Trinajstić information content (AvgIpc) is 2.30. The lowest BCUT2D eigenvalue weighted by Crippen LogP contribution is -2.05. The van der Waals surface area contributed by atoms with E-state index in [1.807, 2.05) is 26.8 Å². The van der Waals surface area contributed by atoms with Crippen molar-refractivity contribution < 1.29 is 14.3 Å². The van der Waals surface area contributed by atoms with Crippen LogP contribution < -0.4 is 4.74 Å². The fourth-order valence-electron chi connectivity index (χ4n) is 1.26. The van der Waals surface area contributed by atoms with Crippen LogP contribution >= 0.6 is 11.6 Å². The van der Waals surface area contributed by atoms with Gasteiger partial charge in [0.15, 0.2) is 0 Å². The molecule has 1 rings (SSSR count). The van der Waals surface area contributed by atoms with Crippen molar-refractivity contribution in [2.75, 3.05) is 6.61 Å². The number of benzene rings is 1. The Morgan fingerprint density at radius 2 is 2.12 bits per heavy atom. The summed E-state index contributed by atoms with van der Waals surface area (Å²) in [5, 5.41) is 0.615. The Kier molecular flexibility index (Phi) is 5.04. The first-order chi connectivity index (χ1) is 8.06. The molecule has 1 aromatic carbocycles. The molecular formula is C13H15ClO3. The van der Waals surface area contributed by atoms with Gasteiger partial charge in [0.25, 0.3) is 0 Å². The minimum Gasteiger partial charge on any atom is -0.501 e. The van der Waals surface area contributed by atoms with E-state index in [1.165, 1.54) is 12.3 Å². The van der Waals surface area contributed by atoms with Crippen LogP contribution in [0.25, 0.3) is 0 Å². The van der Waals surface area contributed by atoms with Crippen LogP contribution in [0.15, 0.2) is 24.5 Å². The molecule has 0 aromatic heterocycles. The molecule has 0 saturated carbocycles. The molecule has 0 unspecified atom stereocenters. The van der Waals surface area contributed by atoms with E-state index in [4.69, 9.17) is 21.1 Å². The Morgan fingerprint density at radius 1 is 1.41 bits per heavy atom. The van der Waals surface area contributed by atoms with Gasteiger partial charge in [-0.15, -0.1) is 0 Å². The van der Waals surface area contributed by atoms with Gasteiger partial charge in [-0.3, -0.25) is 0 Å². The number of aryl methyl sites for hydroxylation is 1. The first kappa shape index (κ1) is 13.6. The second kappa shape index (κ2) is 6.30. The molecule has 0 fully saturated rings. The minimum atomic E-state index is -0.485. The standard InChI is InChI=1S/C13H15ClO3/c1-4-16-8-7-12(15)17-11-6-5-9(2)13(14)10(11)3/h5-8H,4H2,1-3H3/b8-7+. The van der Waals surface area contributed by atoms with E-state index in [1.54, 1.807) is 6.07 Å². The van der Waals surface area contributed by atoms with Crippen LogP contribution in [0.5, 0.6) is 5.75 Å². The summed E-state index contributed by atoms with van der Waals surface area (Å²) in [6.07, 6.45) is 2.55. The molecule has 0 amide bonds. The van der Waals surface area contributed by atoms with Crippen molar-refractivity contribution in [3.63, 3.8) is 0 Å². The molecule has 0 atom stereocenters. The van der Waals surface area contributed by atoms with Gasteiger partial charge in [0.05, 0.1) is 24.0 Å². The summed E-state index contributed by atoms with van der Waals surface area (Å²) in [6.45, 7) is 6.05. The van der Waals surface area contributed by atoms with Gasteiger partial charge in [-0.25, -0.2) is 4.79 Å². The molecule has 0 N–H and O–H groups in total. The lowest BCUT2D eigenvalue weighted by molar-refractivity contribution is -0.129. The smallest absolute Gasteiger partial charge is 0.339 e. The maximum absolute atomic E-state index is 11.4. The largest absolute Gasteiger partial charge is 0.501 e. The summed E-state index contributed by atoms with van der Waals surface area (Å²) < 4.78 is 10.0. The molecule has 92 valence electrons. The normalized spacial score (nSPS) is 10.6. The molecular weight excluding hydrogens is 240 g/mol. The highest BCUT2D eigenvalue weighted by atomic mass is 35.5. The van der Waals surface area contributed by atoms with E-state index in [-0.39, 0.29) is 0 Å². The van der Waals surface area contributed by atoms with Gasteiger partial charge < -0.3 is 9.47 Å². The van der Waals surface area contributed by atoms with Crippen molar-refractivity contribution in [1.82, 2.24) is 0 Å². The predicted octanol–water partition coefficient (Wildman–Crippen LogP) is 3.41. The van der Waals surface area contributed by atoms with E-state index >= 15 is 0 Å². The quantitative estimate of drug-likeness (QED) is 0.357. The predicted molar refractivity (Wildman–Crippen MR) is 67.3 cm³/mol. The highest BCUT2D eigenvalue weighted by Crippen LogP contribution is 2.28. The van der Waals surface area contributed by atoms with Gasteiger partial charge in [-0.05, 0) is 32.4 Å². The van der Waals surface area contributed by atoms with Crippen molar-refractivity contribution in [3.05, 3.63) is 40.6 Å². The number of hydrogen-bond donors (Lipinski definition) is 0. The van der Waals surface area contributed by atoms with Crippen molar-refractivity contribution in [3.8, 4) is 5.75 Å². The van der Waals surface area contributed by atoms with E-state index in [9.17, 15) is 4.79 Å². The molecule has 0 bridgehead atoms. The van der Waals surface area contributed by atoms with Crippen LogP contribution in [0, 0.1) is 13.8 Å². The topological polar surface area (TPSA) is 35.5 Å². The van der Waals surface area contributed by atoms with Crippen molar-refractivity contribution in [2.45, 2.75) is 20.8 Å². The number of carbonyl (C=O) groups is 1. The Bertz CT molecular complexity index is 439. The second-order valence-corrected chi connectivity index (χ2v) is 3.88. The van der Waals surface area contributed by atoms with Crippen molar-refractivity contribution >= 4 is 17.6 Å². The molecule has 0 heterocycles. The van der Waals surface area contributed by atoms with Crippen LogP contribution in [0.1, 0.15) is 18.1 Å². The number of rotatable bonds is 4. The zero-order chi connectivity index (χ0) is 12.8. The molecule has 4 heteroatoms. The molecule has 0 aliphatic rings. The van der Waals surface area contributed by atoms with E-state index in [0.29, 0.717) is 17.4 Å². The van der Waals surface area contributed by atoms with Crippen LogP contribution in [0.2, 0.25) is 5.02 Å². The summed E-state index contributed by atoms with van der Waals surface area (Å²) in [5.41, 5.74) is 1.71. The zero-order valence-electron chi connectivity index (χ0n) is 10.1. The highest BCUT2D eigenvalue weighted by molar-refractivity contribution is 6.32. The maximum Gasteiger partial charge on any atom is 0.339 e. The Morgan fingerprint density at radius 3 is 2.76 bits per heavy atom. The minimum absolute atomic E-state index is 0.465. The van der Waals surface area contributed by atoms with Gasteiger partial charge in [0, 0.05) is 5.56 Å². The second-order valence-electron chi connectivity index (χ2n) is 3.50. The first-order valence-corrected chi connectivity index (χ1v) is 5.69. The Hall–Kier alpha value is -1.48. The fraction of sp³-hybridized carbons (Fsp3) is 0.308. The first-order valence-electron chi connectivity index (χ1n) is 5.32. The molecule has 0 aliphatic heterocycles. The summed E-state index contributed by atoms with van der Waals surface area (Å²) in [4.78, 5) is 11.4. The molecule has 0 radical (unpaired) electrons. The van der Waals surface area contributed by atoms with E-state index in [0.717, 1.165) is 11.1 Å². The third-order valence-electron chi connectivity index (χ3n) is 2.21. The van der Waals surface area contributed by atoms with Crippen LogP contribution in [-0.4, -0.2) is 12.6 Å². The Balaban J connectivity index is 2.76. The molecule has 0 saturated heterocycles. The highest BCUT2D eigenvalue weighted by Gasteiger charge is 2.08. The van der Waals surface area contributed by atoms with Gasteiger partial charge in [0.2, 0.25) is 0 Å². The number of hydrogen-bond acceptors (Lipinski definition) is 3. The lowest BCUT2D eigenvalue weighted by atomic mass is 10.1. The summed E-state index contributed by atoms with van der Waals surface area (Å²) in [5.74, 6) is -0.0202. The van der Waals surface area contributed by atoms with Crippen LogP contribution in [0.3, 0.4) is 0 Å². The van der Waals surface area contributed by atoms with Crippen molar-refractivity contribution in [1.29, 1.82) is 0 Å². The Labute approximate surface area is 106 Å². The SMILES string of the molecule is CCO/C=C/C(=O)Oc1ccc(C)c(Cl)c1C. The summed E-state index contributed by atoms with van der Waals surface area (Å²) >= 11 is 6.06. The zero-order valence-corrected chi connectivity index (χ0v) is 10.9. The van der Waals surface area contributed by atoms with Crippen LogP contribution in [-0.2, 0) is 9.53 Å². The maximum atomic E-state index is 11.4. The fourth-order valence-corrected chi connectivity index (χ4v) is 1.41. The monoisotopic (exact) mass is 254 g/mol. The average molecular weight is 255 g/mol. The van der Waals surface area contributed by atoms with Gasteiger partial charge in [0.1, 0.15) is 5.75 Å². The molecule has 1 aromatic rings. The van der Waals surface area contributed by atoms with Crippen LogP contribution in [0.4, 0.5) is 0 Å². The molecule has 17 heavy (non-hydrogen) atoms. The summed E-state index contributed by atoms with van der Waals surface area (Å²) in [7, 11) is 0. The van der Waals surface area contributed by atoms with Gasteiger partial charge in [-0.2, -0.15) is 0 Å². The molecule has 0 aliphatic carbocycles. The third kappa shape index (κ3) is 3.79. The number of ether oxygens (including phenoxy) is 2. The number of esters is 1. The van der Waals surface area contributed by atoms with Gasteiger partial charge >= 0.3 is 5.97 Å². The lowest BCUT2D eigenvalue weighted by Gasteiger charge is -2.08. The molecule has 3 nitrogen and oxygen atoms in total. The third-order valence-corrected chi connectivity index (χ3v) is 2.79. The van der Waals surface area contributed by atoms with E-state index in [2.05, 4.69) is 0 Å². The number of halogens is 1. The van der Waals surface area contributed by atoms with Gasteiger partial charge in [-0.1, -0.05) is 17.7 Å². The number of carbonyl (C=O) groups excluding carboxylic acids is 1. The summed E-state index contributed by atoms with van der Waals surface area (Å²) in [6, 6.07) is 3.53. The van der Waals surface area contributed by atoms with Crippen molar-refractivity contribution in [2.24, 2.45) is 0 Å². The molecule has 0 spiro atoms.